The van der Waals surface area contributed by atoms with Crippen LogP contribution in [0.1, 0.15) is 37.0 Å². The van der Waals surface area contributed by atoms with Gasteiger partial charge in [0.1, 0.15) is 18.4 Å². The predicted molar refractivity (Wildman–Crippen MR) is 105 cm³/mol. The monoisotopic (exact) mass is 375 g/mol. The molecule has 0 spiro atoms. The van der Waals surface area contributed by atoms with Crippen LogP contribution in [0.25, 0.3) is 0 Å². The highest BCUT2D eigenvalue weighted by Gasteiger charge is 2.19. The number of rotatable bonds is 9. The van der Waals surface area contributed by atoms with Crippen molar-refractivity contribution in [3.8, 4) is 5.75 Å². The number of carbonyl (C=O) groups is 1. The fourth-order valence-electron chi connectivity index (χ4n) is 2.73. The van der Waals surface area contributed by atoms with Crippen LogP contribution in [0.2, 0.25) is 5.02 Å². The van der Waals surface area contributed by atoms with Gasteiger partial charge in [-0.3, -0.25) is 4.79 Å². The first-order valence-electron chi connectivity index (χ1n) is 8.78. The molecule has 0 saturated carbocycles. The van der Waals surface area contributed by atoms with Gasteiger partial charge in [0.25, 0.3) is 0 Å². The Morgan fingerprint density at radius 3 is 2.58 bits per heavy atom. The molecule has 2 N–H and O–H groups in total. The number of carboxylic acid groups (broad SMARTS) is 1. The van der Waals surface area contributed by atoms with Crippen LogP contribution in [-0.2, 0) is 17.9 Å². The normalized spacial score (nSPS) is 12.2. The lowest BCUT2D eigenvalue weighted by atomic mass is 10.0. The first kappa shape index (κ1) is 20.3. The highest BCUT2D eigenvalue weighted by Crippen LogP contribution is 2.24. The van der Waals surface area contributed by atoms with Crippen molar-refractivity contribution in [1.82, 2.24) is 5.32 Å². The lowest BCUT2D eigenvalue weighted by Gasteiger charge is -2.18. The van der Waals surface area contributed by atoms with Gasteiger partial charge in [-0.25, -0.2) is 0 Å². The maximum Gasteiger partial charge on any atom is 0.320 e. The minimum Gasteiger partial charge on any atom is -0.489 e. The summed E-state index contributed by atoms with van der Waals surface area (Å²) >= 11 is 6.12. The topological polar surface area (TPSA) is 58.6 Å². The Morgan fingerprint density at radius 1 is 1.19 bits per heavy atom. The lowest BCUT2D eigenvalue weighted by molar-refractivity contribution is -0.140. The summed E-state index contributed by atoms with van der Waals surface area (Å²) in [7, 11) is 0. The summed E-state index contributed by atoms with van der Waals surface area (Å²) in [6, 6.07) is 12.9. The van der Waals surface area contributed by atoms with Crippen molar-refractivity contribution >= 4 is 17.6 Å². The molecule has 0 aliphatic carbocycles. The second-order valence-corrected chi connectivity index (χ2v) is 7.30. The first-order valence-corrected chi connectivity index (χ1v) is 9.16. The fourth-order valence-corrected chi connectivity index (χ4v) is 2.93. The van der Waals surface area contributed by atoms with Gasteiger partial charge in [0.15, 0.2) is 0 Å². The number of hydrogen-bond acceptors (Lipinski definition) is 3. The minimum atomic E-state index is -0.844. The van der Waals surface area contributed by atoms with E-state index in [1.54, 1.807) is 6.07 Å². The molecule has 0 heterocycles. The summed E-state index contributed by atoms with van der Waals surface area (Å²) in [6.45, 7) is 6.90. The summed E-state index contributed by atoms with van der Waals surface area (Å²) in [6.07, 6.45) is 0.565. The van der Waals surface area contributed by atoms with Crippen LogP contribution >= 0.6 is 11.6 Å². The molecule has 5 heteroatoms. The van der Waals surface area contributed by atoms with Crippen molar-refractivity contribution < 1.29 is 14.6 Å². The molecule has 4 nitrogen and oxygen atoms in total. The van der Waals surface area contributed by atoms with E-state index in [1.165, 1.54) is 5.56 Å². The molecule has 1 unspecified atom stereocenters. The number of carboxylic acids is 1. The van der Waals surface area contributed by atoms with Crippen molar-refractivity contribution in [3.05, 3.63) is 64.2 Å². The van der Waals surface area contributed by atoms with Crippen LogP contribution in [-0.4, -0.2) is 17.1 Å². The number of benzene rings is 2. The van der Waals surface area contributed by atoms with Crippen molar-refractivity contribution in [3.63, 3.8) is 0 Å². The van der Waals surface area contributed by atoms with Gasteiger partial charge in [0.2, 0.25) is 0 Å². The van der Waals surface area contributed by atoms with E-state index in [1.807, 2.05) is 57.2 Å². The number of ether oxygens (including phenoxy) is 1. The summed E-state index contributed by atoms with van der Waals surface area (Å²) in [4.78, 5) is 11.4. The molecule has 140 valence electrons. The molecule has 0 bridgehead atoms. The third-order valence-corrected chi connectivity index (χ3v) is 4.45. The van der Waals surface area contributed by atoms with E-state index in [0.717, 1.165) is 11.1 Å². The maximum absolute atomic E-state index is 11.4. The Bertz CT molecular complexity index is 746. The Morgan fingerprint density at radius 2 is 1.92 bits per heavy atom. The third kappa shape index (κ3) is 6.04. The van der Waals surface area contributed by atoms with E-state index in [4.69, 9.17) is 16.3 Å². The largest absolute Gasteiger partial charge is 0.489 e. The van der Waals surface area contributed by atoms with Gasteiger partial charge >= 0.3 is 5.97 Å². The summed E-state index contributed by atoms with van der Waals surface area (Å²) in [5, 5.41) is 13.1. The lowest BCUT2D eigenvalue weighted by Crippen LogP contribution is -2.37. The number of hydrogen-bond donors (Lipinski definition) is 2. The smallest absolute Gasteiger partial charge is 0.320 e. The average molecular weight is 376 g/mol. The van der Waals surface area contributed by atoms with Gasteiger partial charge in [-0.05, 0) is 48.6 Å². The molecule has 26 heavy (non-hydrogen) atoms. The zero-order valence-corrected chi connectivity index (χ0v) is 16.2. The highest BCUT2D eigenvalue weighted by atomic mass is 35.5. The van der Waals surface area contributed by atoms with Gasteiger partial charge in [0.05, 0.1) is 0 Å². The van der Waals surface area contributed by atoms with E-state index >= 15 is 0 Å². The van der Waals surface area contributed by atoms with Crippen LogP contribution in [0.4, 0.5) is 0 Å². The Balaban J connectivity index is 2.09. The molecule has 0 aromatic heterocycles. The van der Waals surface area contributed by atoms with Crippen LogP contribution in [0.3, 0.4) is 0 Å². The van der Waals surface area contributed by atoms with Gasteiger partial charge in [-0.15, -0.1) is 0 Å². The molecule has 0 saturated heterocycles. The molecular formula is C21H26ClNO3. The van der Waals surface area contributed by atoms with Gasteiger partial charge in [0, 0.05) is 17.1 Å². The summed E-state index contributed by atoms with van der Waals surface area (Å²) in [5.74, 6) is 0.154. The minimum absolute atomic E-state index is 0.291. The van der Waals surface area contributed by atoms with Crippen LogP contribution < -0.4 is 10.1 Å². The number of nitrogens with one attached hydrogen (secondary N) is 1. The van der Waals surface area contributed by atoms with Crippen LogP contribution in [0.15, 0.2) is 42.5 Å². The van der Waals surface area contributed by atoms with Crippen molar-refractivity contribution in [1.29, 1.82) is 0 Å². The van der Waals surface area contributed by atoms with Crippen molar-refractivity contribution in [2.75, 3.05) is 0 Å². The molecule has 2 rings (SSSR count). The van der Waals surface area contributed by atoms with Crippen molar-refractivity contribution in [2.24, 2.45) is 5.92 Å². The van der Waals surface area contributed by atoms with E-state index in [-0.39, 0.29) is 0 Å². The zero-order chi connectivity index (χ0) is 19.1. The van der Waals surface area contributed by atoms with Crippen LogP contribution in [0, 0.1) is 12.8 Å². The molecule has 2 aromatic rings. The summed E-state index contributed by atoms with van der Waals surface area (Å²) in [5.41, 5.74) is 3.13. The standard InChI is InChI=1S/C21H26ClNO3/c1-14(2)10-19(21(24)25)23-12-17-11-18(22)8-9-20(17)26-13-16-7-5-4-6-15(16)3/h4-9,11,14,19,23H,10,12-13H2,1-3H3,(H,24,25). The average Bonchev–Trinajstić information content (AvgIpc) is 2.58. The molecule has 0 aliphatic rings. The molecule has 2 aromatic carbocycles. The SMILES string of the molecule is Cc1ccccc1COc1ccc(Cl)cc1CNC(CC(C)C)C(=O)O. The van der Waals surface area contributed by atoms with E-state index in [0.29, 0.717) is 36.3 Å². The quantitative estimate of drug-likeness (QED) is 0.659. The maximum atomic E-state index is 11.4. The van der Waals surface area contributed by atoms with Gasteiger partial charge in [-0.2, -0.15) is 0 Å². The Kier molecular flexibility index (Phi) is 7.49. The van der Waals surface area contributed by atoms with Gasteiger partial charge in [-0.1, -0.05) is 49.7 Å². The highest BCUT2D eigenvalue weighted by molar-refractivity contribution is 6.30. The van der Waals surface area contributed by atoms with E-state index in [9.17, 15) is 9.90 Å². The third-order valence-electron chi connectivity index (χ3n) is 4.21. The molecule has 1 atom stereocenters. The molecule has 0 fully saturated rings. The Labute approximate surface area is 160 Å². The molecular weight excluding hydrogens is 350 g/mol. The molecule has 0 aliphatic heterocycles. The Hall–Kier alpha value is -2.04. The first-order chi connectivity index (χ1) is 12.4. The number of halogens is 1. The summed E-state index contributed by atoms with van der Waals surface area (Å²) < 4.78 is 5.99. The second-order valence-electron chi connectivity index (χ2n) is 6.87. The number of aliphatic carboxylic acids is 1. The second kappa shape index (κ2) is 9.60. The fraction of sp³-hybridized carbons (Fsp3) is 0.381. The van der Waals surface area contributed by atoms with E-state index < -0.39 is 12.0 Å². The van der Waals surface area contributed by atoms with Gasteiger partial charge < -0.3 is 15.2 Å². The molecule has 0 radical (unpaired) electrons. The van der Waals surface area contributed by atoms with E-state index in [2.05, 4.69) is 5.32 Å². The zero-order valence-electron chi connectivity index (χ0n) is 15.5. The van der Waals surface area contributed by atoms with Crippen LogP contribution in [0.5, 0.6) is 5.75 Å². The van der Waals surface area contributed by atoms with Crippen molar-refractivity contribution in [2.45, 2.75) is 46.4 Å². The molecule has 0 amide bonds. The predicted octanol–water partition coefficient (Wildman–Crippen LogP) is 4.82. The number of aryl methyl sites for hydroxylation is 1.